The maximum absolute atomic E-state index is 13.4. The molecule has 1 aromatic heterocycles. The van der Waals surface area contributed by atoms with E-state index < -0.39 is 0 Å². The van der Waals surface area contributed by atoms with Gasteiger partial charge in [-0.1, -0.05) is 78.1 Å². The Morgan fingerprint density at radius 2 is 1.48 bits per heavy atom. The van der Waals surface area contributed by atoms with Gasteiger partial charge in [0.25, 0.3) is 5.91 Å². The summed E-state index contributed by atoms with van der Waals surface area (Å²) < 4.78 is 13.4. The van der Waals surface area contributed by atoms with Gasteiger partial charge in [0.2, 0.25) is 0 Å². The molecule has 1 N–H and O–H groups in total. The van der Waals surface area contributed by atoms with Crippen LogP contribution in [0.1, 0.15) is 10.4 Å². The second-order valence-electron chi connectivity index (χ2n) is 7.05. The van der Waals surface area contributed by atoms with E-state index in [-0.39, 0.29) is 11.7 Å². The minimum Gasteiger partial charge on any atom is -0.298 e. The van der Waals surface area contributed by atoms with E-state index in [2.05, 4.69) is 5.32 Å². The Balaban J connectivity index is 1.55. The van der Waals surface area contributed by atoms with Gasteiger partial charge in [-0.05, 0) is 46.7 Å². The molecule has 0 unspecified atom stereocenters. The highest BCUT2D eigenvalue weighted by molar-refractivity contribution is 7.19. The van der Waals surface area contributed by atoms with Crippen molar-refractivity contribution in [1.82, 2.24) is 4.98 Å². The first-order chi connectivity index (χ1) is 15.2. The molecule has 0 radical (unpaired) electrons. The topological polar surface area (TPSA) is 42.0 Å². The molecule has 5 rings (SSSR count). The van der Waals surface area contributed by atoms with Crippen molar-refractivity contribution in [2.75, 3.05) is 5.32 Å². The van der Waals surface area contributed by atoms with Gasteiger partial charge in [0.15, 0.2) is 5.13 Å². The summed E-state index contributed by atoms with van der Waals surface area (Å²) >= 11 is 1.40. The fourth-order valence-corrected chi connectivity index (χ4v) is 4.54. The maximum Gasteiger partial charge on any atom is 0.258 e. The molecular formula is C26H17FN2OS. The van der Waals surface area contributed by atoms with Gasteiger partial charge < -0.3 is 0 Å². The Morgan fingerprint density at radius 3 is 2.29 bits per heavy atom. The minimum atomic E-state index is -0.301. The molecule has 5 aromatic rings. The number of aromatic nitrogens is 1. The van der Waals surface area contributed by atoms with Gasteiger partial charge in [0.1, 0.15) is 5.82 Å². The zero-order chi connectivity index (χ0) is 21.2. The summed E-state index contributed by atoms with van der Waals surface area (Å²) in [5, 5.41) is 5.35. The van der Waals surface area contributed by atoms with E-state index in [1.54, 1.807) is 12.1 Å². The van der Waals surface area contributed by atoms with Crippen LogP contribution in [0.25, 0.3) is 32.5 Å². The van der Waals surface area contributed by atoms with Crippen molar-refractivity contribution < 1.29 is 9.18 Å². The van der Waals surface area contributed by atoms with Crippen LogP contribution in [0.3, 0.4) is 0 Å². The first-order valence-corrected chi connectivity index (χ1v) is 10.6. The summed E-state index contributed by atoms with van der Waals surface area (Å²) in [5.41, 5.74) is 3.09. The molecule has 0 atom stereocenters. The summed E-state index contributed by atoms with van der Waals surface area (Å²) in [6, 6.07) is 29.5. The number of rotatable bonds is 4. The maximum atomic E-state index is 13.4. The molecular weight excluding hydrogens is 407 g/mol. The molecule has 0 aliphatic rings. The van der Waals surface area contributed by atoms with E-state index in [0.717, 1.165) is 26.8 Å². The average molecular weight is 425 g/mol. The number of amides is 1. The van der Waals surface area contributed by atoms with Crippen LogP contribution in [0.2, 0.25) is 0 Å². The molecule has 0 saturated carbocycles. The molecule has 0 spiro atoms. The lowest BCUT2D eigenvalue weighted by Gasteiger charge is -2.06. The number of nitrogens with zero attached hydrogens (tertiary/aromatic N) is 1. The Kier molecular flexibility index (Phi) is 5.02. The molecule has 31 heavy (non-hydrogen) atoms. The summed E-state index contributed by atoms with van der Waals surface area (Å²) in [5.74, 6) is -0.513. The predicted molar refractivity (Wildman–Crippen MR) is 125 cm³/mol. The highest BCUT2D eigenvalue weighted by Gasteiger charge is 2.18. The van der Waals surface area contributed by atoms with E-state index in [0.29, 0.717) is 16.4 Å². The molecule has 0 bridgehead atoms. The Labute approximate surface area is 182 Å². The third-order valence-electron chi connectivity index (χ3n) is 5.04. The van der Waals surface area contributed by atoms with Gasteiger partial charge in [0.05, 0.1) is 10.6 Å². The highest BCUT2D eigenvalue weighted by atomic mass is 32.1. The second kappa shape index (κ2) is 8.13. The van der Waals surface area contributed by atoms with Crippen molar-refractivity contribution in [2.24, 2.45) is 0 Å². The number of hydrogen-bond donors (Lipinski definition) is 1. The number of fused-ring (bicyclic) bond motifs is 1. The largest absolute Gasteiger partial charge is 0.298 e. The van der Waals surface area contributed by atoms with Gasteiger partial charge in [-0.15, -0.1) is 0 Å². The molecule has 0 fully saturated rings. The van der Waals surface area contributed by atoms with Crippen molar-refractivity contribution in [3.63, 3.8) is 0 Å². The number of carbonyl (C=O) groups excluding carboxylic acids is 1. The Morgan fingerprint density at radius 1 is 0.774 bits per heavy atom. The molecule has 1 heterocycles. The summed E-state index contributed by atoms with van der Waals surface area (Å²) in [6.07, 6.45) is 0. The monoisotopic (exact) mass is 424 g/mol. The van der Waals surface area contributed by atoms with Crippen LogP contribution in [-0.4, -0.2) is 10.9 Å². The fourth-order valence-electron chi connectivity index (χ4n) is 3.55. The van der Waals surface area contributed by atoms with Gasteiger partial charge in [-0.2, -0.15) is 0 Å². The zero-order valence-corrected chi connectivity index (χ0v) is 17.2. The zero-order valence-electron chi connectivity index (χ0n) is 16.4. The average Bonchev–Trinajstić information content (AvgIpc) is 3.23. The van der Waals surface area contributed by atoms with Crippen molar-refractivity contribution >= 4 is 33.1 Å². The molecule has 150 valence electrons. The number of thiazole rings is 1. The van der Waals surface area contributed by atoms with Crippen LogP contribution in [0.15, 0.2) is 97.1 Å². The molecule has 0 aliphatic heterocycles. The van der Waals surface area contributed by atoms with Crippen LogP contribution in [0, 0.1) is 5.82 Å². The van der Waals surface area contributed by atoms with Crippen LogP contribution in [0.4, 0.5) is 9.52 Å². The van der Waals surface area contributed by atoms with Gasteiger partial charge in [-0.25, -0.2) is 9.37 Å². The first kappa shape index (κ1) is 19.2. The number of carbonyl (C=O) groups is 1. The lowest BCUT2D eigenvalue weighted by molar-refractivity contribution is 0.102. The Hall–Kier alpha value is -3.83. The summed E-state index contributed by atoms with van der Waals surface area (Å²) in [7, 11) is 0. The molecule has 4 aromatic carbocycles. The summed E-state index contributed by atoms with van der Waals surface area (Å²) in [4.78, 5) is 18.7. The van der Waals surface area contributed by atoms with Crippen molar-refractivity contribution in [2.45, 2.75) is 0 Å². The minimum absolute atomic E-state index is 0.212. The van der Waals surface area contributed by atoms with E-state index in [1.807, 2.05) is 72.8 Å². The molecule has 0 aliphatic carbocycles. The van der Waals surface area contributed by atoms with E-state index in [1.165, 1.54) is 23.5 Å². The highest BCUT2D eigenvalue weighted by Crippen LogP contribution is 2.39. The van der Waals surface area contributed by atoms with Crippen LogP contribution in [0.5, 0.6) is 0 Å². The van der Waals surface area contributed by atoms with E-state index >= 15 is 0 Å². The molecule has 3 nitrogen and oxygen atoms in total. The van der Waals surface area contributed by atoms with Crippen molar-refractivity contribution in [3.05, 3.63) is 108 Å². The quantitative estimate of drug-likeness (QED) is 0.337. The summed E-state index contributed by atoms with van der Waals surface area (Å²) in [6.45, 7) is 0. The van der Waals surface area contributed by atoms with Gasteiger partial charge in [-0.3, -0.25) is 10.1 Å². The third-order valence-corrected chi connectivity index (χ3v) is 6.06. The van der Waals surface area contributed by atoms with Crippen LogP contribution in [-0.2, 0) is 0 Å². The Bertz CT molecular complexity index is 1370. The second-order valence-corrected chi connectivity index (χ2v) is 8.05. The number of benzene rings is 4. The SMILES string of the molecule is O=C(Nc1nc(-c2ccc(F)cc2)c(-c2ccccc2)s1)c1cccc2ccccc12. The number of hydrogen-bond acceptors (Lipinski definition) is 3. The molecule has 1 amide bonds. The van der Waals surface area contributed by atoms with E-state index in [9.17, 15) is 9.18 Å². The molecule has 5 heteroatoms. The number of anilines is 1. The normalized spacial score (nSPS) is 10.9. The fraction of sp³-hybridized carbons (Fsp3) is 0. The standard InChI is InChI=1S/C26H17FN2OS/c27-20-15-13-18(14-16-20)23-24(19-8-2-1-3-9-19)31-26(28-23)29-25(30)22-12-6-10-17-7-4-5-11-21(17)22/h1-16H,(H,28,29,30). The van der Waals surface area contributed by atoms with Crippen LogP contribution >= 0.6 is 11.3 Å². The smallest absolute Gasteiger partial charge is 0.258 e. The van der Waals surface area contributed by atoms with Crippen LogP contribution < -0.4 is 5.32 Å². The lowest BCUT2D eigenvalue weighted by Crippen LogP contribution is -2.12. The number of halogens is 1. The predicted octanol–water partition coefficient (Wildman–Crippen LogP) is 7.02. The molecule has 0 saturated heterocycles. The third kappa shape index (κ3) is 3.83. The first-order valence-electron chi connectivity index (χ1n) is 9.80. The van der Waals surface area contributed by atoms with Gasteiger partial charge >= 0.3 is 0 Å². The number of nitrogens with one attached hydrogen (secondary N) is 1. The lowest BCUT2D eigenvalue weighted by atomic mass is 10.0. The van der Waals surface area contributed by atoms with Gasteiger partial charge in [0, 0.05) is 11.1 Å². The van der Waals surface area contributed by atoms with Crippen molar-refractivity contribution in [1.29, 1.82) is 0 Å². The van der Waals surface area contributed by atoms with E-state index in [4.69, 9.17) is 4.98 Å². The van der Waals surface area contributed by atoms with Crippen molar-refractivity contribution in [3.8, 4) is 21.7 Å².